The van der Waals surface area contributed by atoms with E-state index >= 15 is 0 Å². The molecule has 1 aromatic rings. The van der Waals surface area contributed by atoms with Crippen LogP contribution in [0.4, 0.5) is 5.95 Å². The standard InChI is InChI=1S/C10H16N4/c1-2-5-8(4-1)9-12-13-10-11-6-3-7-14(9)10/h8H,1-7H2,(H,11,13). The summed E-state index contributed by atoms with van der Waals surface area (Å²) in [5, 5.41) is 11.8. The summed E-state index contributed by atoms with van der Waals surface area (Å²) in [6.45, 7) is 2.14. The van der Waals surface area contributed by atoms with Crippen molar-refractivity contribution in [3.05, 3.63) is 5.82 Å². The van der Waals surface area contributed by atoms with E-state index in [1.165, 1.54) is 37.9 Å². The van der Waals surface area contributed by atoms with E-state index in [1.54, 1.807) is 0 Å². The SMILES string of the molecule is C1CCC(c2nnc3n2CCCN3)C1. The molecular weight excluding hydrogens is 176 g/mol. The van der Waals surface area contributed by atoms with Crippen LogP contribution in [0, 0.1) is 0 Å². The van der Waals surface area contributed by atoms with Crippen molar-refractivity contribution in [3.8, 4) is 0 Å². The molecule has 4 heteroatoms. The summed E-state index contributed by atoms with van der Waals surface area (Å²) in [6, 6.07) is 0. The molecule has 0 saturated heterocycles. The first kappa shape index (κ1) is 8.26. The molecule has 0 spiro atoms. The Hall–Kier alpha value is -1.06. The van der Waals surface area contributed by atoms with Crippen LogP contribution >= 0.6 is 0 Å². The molecule has 1 aliphatic heterocycles. The van der Waals surface area contributed by atoms with Gasteiger partial charge in [0.1, 0.15) is 5.82 Å². The Balaban J connectivity index is 1.93. The maximum absolute atomic E-state index is 4.33. The summed E-state index contributed by atoms with van der Waals surface area (Å²) >= 11 is 0. The molecule has 1 aliphatic carbocycles. The molecule has 76 valence electrons. The molecular formula is C10H16N4. The number of hydrogen-bond donors (Lipinski definition) is 1. The van der Waals surface area contributed by atoms with Crippen LogP contribution < -0.4 is 5.32 Å². The summed E-state index contributed by atoms with van der Waals surface area (Å²) in [5.74, 6) is 2.89. The fraction of sp³-hybridized carbons (Fsp3) is 0.800. The lowest BCUT2D eigenvalue weighted by molar-refractivity contribution is 0.554. The van der Waals surface area contributed by atoms with E-state index in [2.05, 4.69) is 20.1 Å². The maximum Gasteiger partial charge on any atom is 0.224 e. The zero-order valence-electron chi connectivity index (χ0n) is 8.37. The second-order valence-corrected chi connectivity index (χ2v) is 4.30. The molecule has 0 bridgehead atoms. The second-order valence-electron chi connectivity index (χ2n) is 4.30. The van der Waals surface area contributed by atoms with Gasteiger partial charge >= 0.3 is 0 Å². The van der Waals surface area contributed by atoms with E-state index in [1.807, 2.05) is 0 Å². The van der Waals surface area contributed by atoms with E-state index in [9.17, 15) is 0 Å². The Bertz CT molecular complexity index is 325. The second kappa shape index (κ2) is 3.26. The van der Waals surface area contributed by atoms with Gasteiger partial charge in [-0.05, 0) is 19.3 Å². The van der Waals surface area contributed by atoms with Gasteiger partial charge in [-0.3, -0.25) is 4.57 Å². The lowest BCUT2D eigenvalue weighted by atomic mass is 10.1. The van der Waals surface area contributed by atoms with Gasteiger partial charge in [0.2, 0.25) is 5.95 Å². The van der Waals surface area contributed by atoms with Crippen LogP contribution in [0.3, 0.4) is 0 Å². The Morgan fingerprint density at radius 3 is 2.86 bits per heavy atom. The molecule has 1 saturated carbocycles. The third-order valence-corrected chi connectivity index (χ3v) is 3.34. The van der Waals surface area contributed by atoms with Crippen LogP contribution in [0.1, 0.15) is 43.8 Å². The summed E-state index contributed by atoms with van der Waals surface area (Å²) < 4.78 is 2.28. The molecule has 0 aromatic carbocycles. The van der Waals surface area contributed by atoms with Crippen molar-refractivity contribution >= 4 is 5.95 Å². The van der Waals surface area contributed by atoms with Gasteiger partial charge in [0.15, 0.2) is 0 Å². The molecule has 0 amide bonds. The molecule has 3 rings (SSSR count). The average molecular weight is 192 g/mol. The zero-order chi connectivity index (χ0) is 9.38. The largest absolute Gasteiger partial charge is 0.354 e. The molecule has 0 unspecified atom stereocenters. The highest BCUT2D eigenvalue weighted by atomic mass is 15.4. The number of anilines is 1. The summed E-state index contributed by atoms with van der Waals surface area (Å²) in [4.78, 5) is 0. The number of hydrogen-bond acceptors (Lipinski definition) is 3. The molecule has 1 fully saturated rings. The molecule has 0 radical (unpaired) electrons. The third-order valence-electron chi connectivity index (χ3n) is 3.34. The normalized spacial score (nSPS) is 22.0. The van der Waals surface area contributed by atoms with E-state index in [-0.39, 0.29) is 0 Å². The van der Waals surface area contributed by atoms with Crippen molar-refractivity contribution < 1.29 is 0 Å². The fourth-order valence-electron chi connectivity index (χ4n) is 2.59. The average Bonchev–Trinajstić information content (AvgIpc) is 2.85. The van der Waals surface area contributed by atoms with Crippen molar-refractivity contribution in [2.45, 2.75) is 44.6 Å². The Morgan fingerprint density at radius 2 is 2.00 bits per heavy atom. The first-order valence-corrected chi connectivity index (χ1v) is 5.62. The lowest BCUT2D eigenvalue weighted by Crippen LogP contribution is -2.19. The molecule has 2 heterocycles. The number of aromatic nitrogens is 3. The zero-order valence-corrected chi connectivity index (χ0v) is 8.37. The third kappa shape index (κ3) is 1.21. The van der Waals surface area contributed by atoms with Crippen LogP contribution in [0.15, 0.2) is 0 Å². The Kier molecular flexibility index (Phi) is 1.92. The molecule has 1 aromatic heterocycles. The number of rotatable bonds is 1. The highest BCUT2D eigenvalue weighted by Crippen LogP contribution is 2.34. The Labute approximate surface area is 83.7 Å². The number of nitrogens with zero attached hydrogens (tertiary/aromatic N) is 3. The minimum atomic E-state index is 0.677. The molecule has 1 N–H and O–H groups in total. The highest BCUT2D eigenvalue weighted by molar-refractivity contribution is 5.28. The van der Waals surface area contributed by atoms with Crippen LogP contribution in [0.5, 0.6) is 0 Å². The summed E-state index contributed by atoms with van der Waals surface area (Å²) in [6.07, 6.45) is 6.53. The van der Waals surface area contributed by atoms with Gasteiger partial charge in [-0.25, -0.2) is 0 Å². The van der Waals surface area contributed by atoms with E-state index in [0.717, 1.165) is 19.0 Å². The number of fused-ring (bicyclic) bond motifs is 1. The van der Waals surface area contributed by atoms with E-state index in [4.69, 9.17) is 0 Å². The lowest BCUT2D eigenvalue weighted by Gasteiger charge is -2.18. The summed E-state index contributed by atoms with van der Waals surface area (Å²) in [5.41, 5.74) is 0. The van der Waals surface area contributed by atoms with Crippen molar-refractivity contribution in [1.82, 2.24) is 14.8 Å². The van der Waals surface area contributed by atoms with Gasteiger partial charge in [0.25, 0.3) is 0 Å². The van der Waals surface area contributed by atoms with Crippen molar-refractivity contribution in [3.63, 3.8) is 0 Å². The maximum atomic E-state index is 4.33. The van der Waals surface area contributed by atoms with Gasteiger partial charge in [0, 0.05) is 19.0 Å². The van der Waals surface area contributed by atoms with E-state index < -0.39 is 0 Å². The Morgan fingerprint density at radius 1 is 1.14 bits per heavy atom. The van der Waals surface area contributed by atoms with Crippen molar-refractivity contribution in [1.29, 1.82) is 0 Å². The smallest absolute Gasteiger partial charge is 0.224 e. The van der Waals surface area contributed by atoms with Gasteiger partial charge in [-0.1, -0.05) is 12.8 Å². The fourth-order valence-corrected chi connectivity index (χ4v) is 2.59. The highest BCUT2D eigenvalue weighted by Gasteiger charge is 2.25. The summed E-state index contributed by atoms with van der Waals surface area (Å²) in [7, 11) is 0. The topological polar surface area (TPSA) is 42.7 Å². The number of nitrogens with one attached hydrogen (secondary N) is 1. The van der Waals surface area contributed by atoms with Gasteiger partial charge < -0.3 is 5.32 Å². The van der Waals surface area contributed by atoms with Crippen LogP contribution in [-0.4, -0.2) is 21.3 Å². The van der Waals surface area contributed by atoms with Gasteiger partial charge in [0.05, 0.1) is 0 Å². The van der Waals surface area contributed by atoms with E-state index in [0.29, 0.717) is 5.92 Å². The molecule has 0 atom stereocenters. The molecule has 2 aliphatic rings. The molecule has 14 heavy (non-hydrogen) atoms. The van der Waals surface area contributed by atoms with Crippen molar-refractivity contribution in [2.75, 3.05) is 11.9 Å². The quantitative estimate of drug-likeness (QED) is 0.737. The minimum Gasteiger partial charge on any atom is -0.354 e. The van der Waals surface area contributed by atoms with Crippen LogP contribution in [0.2, 0.25) is 0 Å². The molecule has 4 nitrogen and oxygen atoms in total. The van der Waals surface area contributed by atoms with Gasteiger partial charge in [-0.2, -0.15) is 0 Å². The monoisotopic (exact) mass is 192 g/mol. The predicted octanol–water partition coefficient (Wildman–Crippen LogP) is 1.75. The first-order chi connectivity index (χ1) is 6.95. The first-order valence-electron chi connectivity index (χ1n) is 5.62. The van der Waals surface area contributed by atoms with Gasteiger partial charge in [-0.15, -0.1) is 10.2 Å². The van der Waals surface area contributed by atoms with Crippen molar-refractivity contribution in [2.24, 2.45) is 0 Å². The van der Waals surface area contributed by atoms with Crippen LogP contribution in [0.25, 0.3) is 0 Å². The predicted molar refractivity (Wildman–Crippen MR) is 54.3 cm³/mol. The van der Waals surface area contributed by atoms with Crippen LogP contribution in [-0.2, 0) is 6.54 Å². The minimum absolute atomic E-state index is 0.677.